The van der Waals surface area contributed by atoms with E-state index >= 15 is 0 Å². The average molecular weight is 446 g/mol. The molecule has 0 amide bonds. The molecule has 3 aromatic heterocycles. The standard InChI is InChI=1S/C20H13F3N4O3S/c21-20(22,23)13-4-6-14(7-5-13)31(29,30)27-17-8-3-12(10-25-17)18(28)16-11-26-19-15(16)2-1-9-24-19/h1-11H,(H,24,26)(H,25,27). The monoisotopic (exact) mass is 446 g/mol. The lowest BCUT2D eigenvalue weighted by Crippen LogP contribution is -2.15. The number of fused-ring (bicyclic) bond motifs is 1. The lowest BCUT2D eigenvalue weighted by molar-refractivity contribution is -0.137. The van der Waals surface area contributed by atoms with Gasteiger partial charge < -0.3 is 4.98 Å². The summed E-state index contributed by atoms with van der Waals surface area (Å²) in [4.78, 5) is 23.3. The fourth-order valence-electron chi connectivity index (χ4n) is 2.91. The van der Waals surface area contributed by atoms with E-state index in [1.54, 1.807) is 18.3 Å². The van der Waals surface area contributed by atoms with Gasteiger partial charge in [-0.3, -0.25) is 9.52 Å². The van der Waals surface area contributed by atoms with Crippen molar-refractivity contribution in [3.63, 3.8) is 0 Å². The number of benzene rings is 1. The van der Waals surface area contributed by atoms with Crippen molar-refractivity contribution in [2.24, 2.45) is 0 Å². The molecule has 0 saturated carbocycles. The van der Waals surface area contributed by atoms with Crippen molar-refractivity contribution in [2.45, 2.75) is 11.1 Å². The largest absolute Gasteiger partial charge is 0.416 e. The molecule has 0 atom stereocenters. The van der Waals surface area contributed by atoms with Gasteiger partial charge in [0.15, 0.2) is 5.78 Å². The Balaban J connectivity index is 1.53. The molecule has 0 aliphatic heterocycles. The molecule has 7 nitrogen and oxygen atoms in total. The number of aromatic nitrogens is 3. The first kappa shape index (κ1) is 20.5. The van der Waals surface area contributed by atoms with Crippen LogP contribution in [0.5, 0.6) is 0 Å². The van der Waals surface area contributed by atoms with Crippen LogP contribution in [0.25, 0.3) is 11.0 Å². The summed E-state index contributed by atoms with van der Waals surface area (Å²) in [5.74, 6) is -0.416. The Morgan fingerprint density at radius 1 is 1.00 bits per heavy atom. The number of halogens is 3. The number of sulfonamides is 1. The van der Waals surface area contributed by atoms with Crippen LogP contribution in [0.3, 0.4) is 0 Å². The van der Waals surface area contributed by atoms with E-state index in [2.05, 4.69) is 19.7 Å². The van der Waals surface area contributed by atoms with Gasteiger partial charge in [-0.25, -0.2) is 18.4 Å². The first-order valence-corrected chi connectivity index (χ1v) is 10.3. The van der Waals surface area contributed by atoms with Gasteiger partial charge in [-0.15, -0.1) is 0 Å². The molecular formula is C20H13F3N4O3S. The normalized spacial score (nSPS) is 12.1. The molecule has 0 fully saturated rings. The van der Waals surface area contributed by atoms with Gasteiger partial charge in [0, 0.05) is 35.1 Å². The molecule has 4 aromatic rings. The summed E-state index contributed by atoms with van der Waals surface area (Å²) in [7, 11) is -4.16. The SMILES string of the molecule is O=C(c1ccc(NS(=O)(=O)c2ccc(C(F)(F)F)cc2)nc1)c1c[nH]c2ncccc12. The van der Waals surface area contributed by atoms with Crippen molar-refractivity contribution in [3.8, 4) is 0 Å². The third-order valence-corrected chi connectivity index (χ3v) is 5.82. The number of rotatable bonds is 5. The number of anilines is 1. The molecule has 0 aliphatic rings. The van der Waals surface area contributed by atoms with Gasteiger partial charge in [0.05, 0.1) is 10.5 Å². The molecular weight excluding hydrogens is 433 g/mol. The second-order valence-corrected chi connectivity index (χ2v) is 8.17. The Morgan fingerprint density at radius 2 is 1.74 bits per heavy atom. The van der Waals surface area contributed by atoms with Gasteiger partial charge in [0.2, 0.25) is 0 Å². The van der Waals surface area contributed by atoms with E-state index in [1.807, 2.05) is 0 Å². The molecule has 2 N–H and O–H groups in total. The molecule has 4 rings (SSSR count). The summed E-state index contributed by atoms with van der Waals surface area (Å²) in [6.07, 6.45) is -0.240. The second-order valence-electron chi connectivity index (χ2n) is 6.49. The maximum atomic E-state index is 12.7. The van der Waals surface area contributed by atoms with E-state index in [9.17, 15) is 26.4 Å². The van der Waals surface area contributed by atoms with Crippen LogP contribution >= 0.6 is 0 Å². The number of nitrogens with zero attached hydrogens (tertiary/aromatic N) is 2. The van der Waals surface area contributed by atoms with Crippen LogP contribution in [0.2, 0.25) is 0 Å². The number of alkyl halides is 3. The minimum absolute atomic E-state index is 0.0861. The molecule has 11 heteroatoms. The second kappa shape index (κ2) is 7.51. The fraction of sp³-hybridized carbons (Fsp3) is 0.0500. The summed E-state index contributed by atoms with van der Waals surface area (Å²) in [5.41, 5.74) is 0.213. The highest BCUT2D eigenvalue weighted by Gasteiger charge is 2.30. The molecule has 0 bridgehead atoms. The Morgan fingerprint density at radius 3 is 2.39 bits per heavy atom. The van der Waals surface area contributed by atoms with Gasteiger partial charge in [-0.05, 0) is 48.5 Å². The van der Waals surface area contributed by atoms with Crippen LogP contribution in [-0.2, 0) is 16.2 Å². The zero-order valence-electron chi connectivity index (χ0n) is 15.5. The van der Waals surface area contributed by atoms with Crippen molar-refractivity contribution >= 4 is 32.7 Å². The van der Waals surface area contributed by atoms with Crippen molar-refractivity contribution in [2.75, 3.05) is 4.72 Å². The van der Waals surface area contributed by atoms with Gasteiger partial charge in [-0.2, -0.15) is 13.2 Å². The van der Waals surface area contributed by atoms with Gasteiger partial charge in [0.25, 0.3) is 10.0 Å². The number of pyridine rings is 2. The maximum Gasteiger partial charge on any atom is 0.416 e. The summed E-state index contributed by atoms with van der Waals surface area (Å²) < 4.78 is 64.9. The average Bonchev–Trinajstić information content (AvgIpc) is 3.17. The number of carbonyl (C=O) groups excluding carboxylic acids is 1. The van der Waals surface area contributed by atoms with Crippen molar-refractivity contribution in [1.82, 2.24) is 15.0 Å². The Hall–Kier alpha value is -3.73. The maximum absolute atomic E-state index is 12.7. The van der Waals surface area contributed by atoms with Crippen molar-refractivity contribution in [1.29, 1.82) is 0 Å². The predicted molar refractivity (Wildman–Crippen MR) is 106 cm³/mol. The summed E-state index contributed by atoms with van der Waals surface area (Å²) in [5, 5.41) is 0.639. The quantitative estimate of drug-likeness (QED) is 0.451. The van der Waals surface area contributed by atoms with Crippen LogP contribution in [-0.4, -0.2) is 29.2 Å². The molecule has 0 saturated heterocycles. The molecule has 0 unspecified atom stereocenters. The molecule has 3 heterocycles. The van der Waals surface area contributed by atoms with Gasteiger partial charge in [-0.1, -0.05) is 0 Å². The Labute approximate surface area is 174 Å². The molecule has 158 valence electrons. The van der Waals surface area contributed by atoms with Crippen LogP contribution in [0.4, 0.5) is 19.0 Å². The molecule has 0 spiro atoms. The van der Waals surface area contributed by atoms with E-state index in [-0.39, 0.29) is 22.1 Å². The number of carbonyl (C=O) groups is 1. The molecule has 0 radical (unpaired) electrons. The highest BCUT2D eigenvalue weighted by molar-refractivity contribution is 7.92. The molecule has 31 heavy (non-hydrogen) atoms. The minimum atomic E-state index is -4.57. The van der Waals surface area contributed by atoms with Crippen molar-refractivity contribution < 1.29 is 26.4 Å². The third-order valence-electron chi connectivity index (χ3n) is 4.45. The number of aromatic amines is 1. The lowest BCUT2D eigenvalue weighted by atomic mass is 10.1. The van der Waals surface area contributed by atoms with E-state index in [4.69, 9.17) is 0 Å². The Bertz CT molecular complexity index is 1360. The van der Waals surface area contributed by atoms with E-state index in [1.165, 1.54) is 24.5 Å². The predicted octanol–water partition coefficient (Wildman–Crippen LogP) is 4.01. The highest BCUT2D eigenvalue weighted by atomic mass is 32.2. The topological polar surface area (TPSA) is 105 Å². The zero-order chi connectivity index (χ0) is 22.2. The highest BCUT2D eigenvalue weighted by Crippen LogP contribution is 2.30. The van der Waals surface area contributed by atoms with E-state index in [0.29, 0.717) is 28.7 Å². The van der Waals surface area contributed by atoms with Crippen LogP contribution in [0.1, 0.15) is 21.5 Å². The molecule has 1 aromatic carbocycles. The minimum Gasteiger partial charge on any atom is -0.345 e. The lowest BCUT2D eigenvalue weighted by Gasteiger charge is -2.10. The number of nitrogens with one attached hydrogen (secondary N) is 2. The van der Waals surface area contributed by atoms with Crippen molar-refractivity contribution in [3.05, 3.63) is 83.8 Å². The van der Waals surface area contributed by atoms with Crippen LogP contribution < -0.4 is 4.72 Å². The summed E-state index contributed by atoms with van der Waals surface area (Å²) in [6.45, 7) is 0. The van der Waals surface area contributed by atoms with Crippen LogP contribution in [0, 0.1) is 0 Å². The summed E-state index contributed by atoms with van der Waals surface area (Å²) >= 11 is 0. The number of hydrogen-bond donors (Lipinski definition) is 2. The van der Waals surface area contributed by atoms with Gasteiger partial charge >= 0.3 is 6.18 Å². The number of ketones is 1. The van der Waals surface area contributed by atoms with Crippen LogP contribution in [0.15, 0.2) is 72.0 Å². The number of H-pyrrole nitrogens is 1. The Kier molecular flexibility index (Phi) is 4.97. The first-order chi connectivity index (χ1) is 14.6. The zero-order valence-corrected chi connectivity index (χ0v) is 16.3. The fourth-order valence-corrected chi connectivity index (χ4v) is 3.92. The third kappa shape index (κ3) is 4.12. The van der Waals surface area contributed by atoms with E-state index in [0.717, 1.165) is 12.1 Å². The smallest absolute Gasteiger partial charge is 0.345 e. The van der Waals surface area contributed by atoms with E-state index < -0.39 is 21.8 Å². The number of hydrogen-bond acceptors (Lipinski definition) is 5. The molecule has 0 aliphatic carbocycles. The first-order valence-electron chi connectivity index (χ1n) is 8.78. The summed E-state index contributed by atoms with van der Waals surface area (Å²) in [6, 6.07) is 9.20. The van der Waals surface area contributed by atoms with Gasteiger partial charge in [0.1, 0.15) is 11.5 Å².